The number of rotatable bonds is 6. The molecule has 0 spiro atoms. The van der Waals surface area contributed by atoms with Crippen LogP contribution in [0.3, 0.4) is 0 Å². The molecule has 0 aromatic carbocycles. The van der Waals surface area contributed by atoms with E-state index in [1.807, 2.05) is 13.8 Å². The van der Waals surface area contributed by atoms with Gasteiger partial charge in [-0.25, -0.2) is 0 Å². The average molecular weight is 274 g/mol. The molecule has 0 saturated carbocycles. The van der Waals surface area contributed by atoms with Crippen molar-refractivity contribution in [2.24, 2.45) is 0 Å². The summed E-state index contributed by atoms with van der Waals surface area (Å²) in [7, 11) is 0. The fourth-order valence-electron chi connectivity index (χ4n) is 0.980. The van der Waals surface area contributed by atoms with E-state index in [1.165, 1.54) is 0 Å². The molecule has 0 aliphatic rings. The Kier molecular flexibility index (Phi) is 7.67. The van der Waals surface area contributed by atoms with Crippen LogP contribution in [0.1, 0.15) is 39.5 Å². The Balaban J connectivity index is 3.50. The molecular formula is C7H15IO3. The van der Waals surface area contributed by atoms with E-state index in [1.54, 1.807) is 0 Å². The Morgan fingerprint density at radius 1 is 1.18 bits per heavy atom. The molecule has 0 radical (unpaired) electrons. The molecule has 0 bridgehead atoms. The van der Waals surface area contributed by atoms with Crippen LogP contribution < -0.4 is 27.9 Å². The highest BCUT2D eigenvalue weighted by Gasteiger charge is 2.21. The minimum absolute atomic E-state index is 0.0507. The maximum absolute atomic E-state index is 10.3. The maximum atomic E-state index is 10.3. The second-order valence-corrected chi connectivity index (χ2v) is 4.06. The summed E-state index contributed by atoms with van der Waals surface area (Å²) in [5.41, 5.74) is 0. The molecule has 68 valence electrons. The summed E-state index contributed by atoms with van der Waals surface area (Å²) < 4.78 is 25.3. The quantitative estimate of drug-likeness (QED) is 0.487. The van der Waals surface area contributed by atoms with E-state index in [4.69, 9.17) is 3.07 Å². The first-order chi connectivity index (χ1) is 5.20. The zero-order chi connectivity index (χ0) is 8.69. The molecule has 0 N–H and O–H groups in total. The van der Waals surface area contributed by atoms with Crippen LogP contribution in [0.5, 0.6) is 0 Å². The van der Waals surface area contributed by atoms with E-state index in [-0.39, 0.29) is 6.10 Å². The second kappa shape index (κ2) is 7.27. The Morgan fingerprint density at radius 2 is 1.64 bits per heavy atom. The molecule has 0 aliphatic heterocycles. The summed E-state index contributed by atoms with van der Waals surface area (Å²) in [6.07, 6.45) is 3.62. The van der Waals surface area contributed by atoms with Crippen molar-refractivity contribution in [1.29, 1.82) is 0 Å². The third-order valence-corrected chi connectivity index (χ3v) is 2.55. The van der Waals surface area contributed by atoms with Gasteiger partial charge < -0.3 is 6.87 Å². The van der Waals surface area contributed by atoms with Crippen molar-refractivity contribution < 1.29 is 31.0 Å². The summed E-state index contributed by atoms with van der Waals surface area (Å²) in [4.78, 5) is 0. The second-order valence-electron chi connectivity index (χ2n) is 2.48. The summed E-state index contributed by atoms with van der Waals surface area (Å²) >= 11 is -3.44. The van der Waals surface area contributed by atoms with Crippen molar-refractivity contribution in [2.45, 2.75) is 45.6 Å². The Morgan fingerprint density at radius 3 is 1.91 bits per heavy atom. The highest BCUT2D eigenvalue weighted by molar-refractivity contribution is 4.52. The van der Waals surface area contributed by atoms with Gasteiger partial charge in [0.1, 0.15) is 0 Å². The molecule has 0 amide bonds. The van der Waals surface area contributed by atoms with Crippen LogP contribution in [0.4, 0.5) is 0 Å². The van der Waals surface area contributed by atoms with Gasteiger partial charge in [0.25, 0.3) is 0 Å². The minimum atomic E-state index is -3.44. The maximum Gasteiger partial charge on any atom is 0.506 e. The topological polar surface area (TPSA) is 55.3 Å². The standard InChI is InChI=1S/C7H15IO3/c1-3-5-7(6-4-2)11-8(9)10/h7H,3-6H2,1-2H3. The molecular weight excluding hydrogens is 259 g/mol. The smallest absolute Gasteiger partial charge is 0.396 e. The van der Waals surface area contributed by atoms with Crippen LogP contribution in [-0.2, 0) is 3.07 Å². The van der Waals surface area contributed by atoms with Gasteiger partial charge >= 0.3 is 21.1 Å². The van der Waals surface area contributed by atoms with Crippen LogP contribution in [-0.4, -0.2) is 6.10 Å². The Hall–Kier alpha value is 0.610. The lowest BCUT2D eigenvalue weighted by atomic mass is 10.1. The van der Waals surface area contributed by atoms with E-state index in [2.05, 4.69) is 0 Å². The Bertz CT molecular complexity index is 81.8. The molecule has 0 aliphatic carbocycles. The number of hydrogen-bond donors (Lipinski definition) is 0. The lowest BCUT2D eigenvalue weighted by molar-refractivity contribution is -1.63. The van der Waals surface area contributed by atoms with Crippen molar-refractivity contribution in [3.05, 3.63) is 0 Å². The molecule has 0 fully saturated rings. The number of halogens is 1. The van der Waals surface area contributed by atoms with Crippen LogP contribution >= 0.6 is 0 Å². The summed E-state index contributed by atoms with van der Waals surface area (Å²) in [5.74, 6) is 0. The molecule has 0 rings (SSSR count). The lowest BCUT2D eigenvalue weighted by Gasteiger charge is -2.06. The summed E-state index contributed by atoms with van der Waals surface area (Å²) in [6, 6.07) is 0. The van der Waals surface area contributed by atoms with Crippen molar-refractivity contribution in [3.63, 3.8) is 0 Å². The largest absolute Gasteiger partial charge is 0.506 e. The molecule has 0 aromatic rings. The van der Waals surface area contributed by atoms with E-state index in [0.717, 1.165) is 25.7 Å². The zero-order valence-corrected chi connectivity index (χ0v) is 9.17. The van der Waals surface area contributed by atoms with Crippen molar-refractivity contribution in [2.75, 3.05) is 0 Å². The van der Waals surface area contributed by atoms with Crippen LogP contribution in [0.15, 0.2) is 0 Å². The van der Waals surface area contributed by atoms with Crippen LogP contribution in [0, 0.1) is 0 Å². The van der Waals surface area contributed by atoms with Gasteiger partial charge in [-0.05, 0) is 15.9 Å². The third-order valence-electron chi connectivity index (χ3n) is 1.42. The predicted octanol–water partition coefficient (Wildman–Crippen LogP) is -2.94. The van der Waals surface area contributed by atoms with Gasteiger partial charge in [-0.15, -0.1) is 0 Å². The van der Waals surface area contributed by atoms with Crippen molar-refractivity contribution >= 4 is 0 Å². The fourth-order valence-corrected chi connectivity index (χ4v) is 2.08. The first-order valence-corrected chi connectivity index (χ1v) is 6.57. The highest BCUT2D eigenvalue weighted by atomic mass is 127. The van der Waals surface area contributed by atoms with Gasteiger partial charge in [-0.3, -0.25) is 0 Å². The SMILES string of the molecule is CCCC(CCC)O[I+2]([O-])[O-]. The molecule has 0 saturated heterocycles. The van der Waals surface area contributed by atoms with Gasteiger partial charge in [0.15, 0.2) is 6.10 Å². The van der Waals surface area contributed by atoms with Gasteiger partial charge in [-0.2, -0.15) is 0 Å². The molecule has 0 unspecified atom stereocenters. The third kappa shape index (κ3) is 6.99. The van der Waals surface area contributed by atoms with E-state index in [0.29, 0.717) is 0 Å². The first-order valence-electron chi connectivity index (χ1n) is 3.93. The average Bonchev–Trinajstić information content (AvgIpc) is 1.87. The summed E-state index contributed by atoms with van der Waals surface area (Å²) in [6.45, 7) is 4.06. The zero-order valence-electron chi connectivity index (χ0n) is 7.01. The molecule has 11 heavy (non-hydrogen) atoms. The normalized spacial score (nSPS) is 11.5. The Labute approximate surface area is 76.8 Å². The van der Waals surface area contributed by atoms with Crippen molar-refractivity contribution in [3.8, 4) is 0 Å². The molecule has 0 atom stereocenters. The first kappa shape index (κ1) is 11.6. The van der Waals surface area contributed by atoms with Crippen molar-refractivity contribution in [1.82, 2.24) is 0 Å². The predicted molar refractivity (Wildman–Crippen MR) is 34.7 cm³/mol. The van der Waals surface area contributed by atoms with Crippen LogP contribution in [0.25, 0.3) is 0 Å². The van der Waals surface area contributed by atoms with E-state index in [9.17, 15) is 6.87 Å². The monoisotopic (exact) mass is 274 g/mol. The molecule has 0 aromatic heterocycles. The minimum Gasteiger partial charge on any atom is -0.396 e. The van der Waals surface area contributed by atoms with E-state index < -0.39 is 21.1 Å². The van der Waals surface area contributed by atoms with Gasteiger partial charge in [0.2, 0.25) is 0 Å². The fraction of sp³-hybridized carbons (Fsp3) is 1.00. The van der Waals surface area contributed by atoms with Crippen LogP contribution in [0.2, 0.25) is 0 Å². The summed E-state index contributed by atoms with van der Waals surface area (Å²) in [5, 5.41) is 0. The highest BCUT2D eigenvalue weighted by Crippen LogP contribution is 2.05. The number of hydrogen-bond acceptors (Lipinski definition) is 3. The van der Waals surface area contributed by atoms with Gasteiger partial charge in [0, 0.05) is 0 Å². The lowest BCUT2D eigenvalue weighted by Crippen LogP contribution is -3.99. The molecule has 3 nitrogen and oxygen atoms in total. The van der Waals surface area contributed by atoms with Gasteiger partial charge in [0.05, 0.1) is 0 Å². The molecule has 0 heterocycles. The molecule has 4 heteroatoms. The van der Waals surface area contributed by atoms with Gasteiger partial charge in [-0.1, -0.05) is 26.7 Å². The van der Waals surface area contributed by atoms with E-state index >= 15 is 0 Å².